The zero-order valence-electron chi connectivity index (χ0n) is 18.6. The summed E-state index contributed by atoms with van der Waals surface area (Å²) in [5.41, 5.74) is 4.57. The van der Waals surface area contributed by atoms with Gasteiger partial charge in [-0.25, -0.2) is 18.1 Å². The molecule has 2 aromatic heterocycles. The molecule has 8 nitrogen and oxygen atoms in total. The van der Waals surface area contributed by atoms with E-state index < -0.39 is 10.0 Å². The normalized spacial score (nSPS) is 16.3. The van der Waals surface area contributed by atoms with Crippen LogP contribution in [0, 0.1) is 39.4 Å². The molecule has 0 unspecified atom stereocenters. The van der Waals surface area contributed by atoms with Crippen LogP contribution in [-0.4, -0.2) is 63.0 Å². The Morgan fingerprint density at radius 2 is 1.58 bits per heavy atom. The predicted octanol–water partition coefficient (Wildman–Crippen LogP) is 2.77. The minimum absolute atomic E-state index is 0.436. The molecule has 1 saturated heterocycles. The molecule has 166 valence electrons. The van der Waals surface area contributed by atoms with Crippen LogP contribution in [-0.2, 0) is 16.7 Å². The molecule has 10 heteroatoms. The van der Waals surface area contributed by atoms with E-state index in [9.17, 15) is 8.42 Å². The van der Waals surface area contributed by atoms with E-state index in [0.717, 1.165) is 28.1 Å². The summed E-state index contributed by atoms with van der Waals surface area (Å²) in [6.07, 6.45) is 0. The Kier molecular flexibility index (Phi) is 5.76. The Labute approximate surface area is 188 Å². The summed E-state index contributed by atoms with van der Waals surface area (Å²) in [5.74, 6) is 0.592. The third-order valence-corrected chi connectivity index (χ3v) is 8.33. The maximum absolute atomic E-state index is 13.3. The summed E-state index contributed by atoms with van der Waals surface area (Å²) in [4.78, 5) is 7.08. The lowest BCUT2D eigenvalue weighted by atomic mass is 10.1. The quantitative estimate of drug-likeness (QED) is 0.558. The van der Waals surface area contributed by atoms with Gasteiger partial charge in [-0.1, -0.05) is 17.7 Å². The molecule has 4 rings (SSSR count). The molecule has 3 heterocycles. The highest BCUT2D eigenvalue weighted by atomic mass is 32.2. The van der Waals surface area contributed by atoms with Crippen LogP contribution in [0.2, 0.25) is 0 Å². The van der Waals surface area contributed by atoms with Crippen molar-refractivity contribution in [2.45, 2.75) is 46.2 Å². The van der Waals surface area contributed by atoms with Gasteiger partial charge in [0, 0.05) is 37.6 Å². The number of rotatable bonds is 4. The van der Waals surface area contributed by atoms with Crippen LogP contribution in [0.5, 0.6) is 0 Å². The van der Waals surface area contributed by atoms with Crippen LogP contribution in [0.3, 0.4) is 0 Å². The second kappa shape index (κ2) is 8.09. The van der Waals surface area contributed by atoms with Gasteiger partial charge in [-0.15, -0.1) is 5.10 Å². The minimum atomic E-state index is -3.53. The van der Waals surface area contributed by atoms with Gasteiger partial charge in [-0.05, 0) is 64.0 Å². The zero-order chi connectivity index (χ0) is 22.5. The first-order chi connectivity index (χ1) is 14.6. The second-order valence-electron chi connectivity index (χ2n) is 8.35. The Morgan fingerprint density at radius 1 is 0.968 bits per heavy atom. The number of aryl methyl sites for hydroxylation is 5. The van der Waals surface area contributed by atoms with Crippen LogP contribution in [0.25, 0.3) is 5.78 Å². The van der Waals surface area contributed by atoms with E-state index in [1.165, 1.54) is 0 Å². The van der Waals surface area contributed by atoms with Crippen molar-refractivity contribution in [1.82, 2.24) is 28.4 Å². The van der Waals surface area contributed by atoms with E-state index in [2.05, 4.69) is 15.0 Å². The zero-order valence-corrected chi connectivity index (χ0v) is 20.2. The number of fused-ring (bicyclic) bond motifs is 1. The van der Waals surface area contributed by atoms with Crippen molar-refractivity contribution in [3.8, 4) is 0 Å². The van der Waals surface area contributed by atoms with E-state index in [4.69, 9.17) is 12.2 Å². The van der Waals surface area contributed by atoms with Gasteiger partial charge >= 0.3 is 0 Å². The molecule has 31 heavy (non-hydrogen) atoms. The molecule has 1 aliphatic rings. The average molecular weight is 461 g/mol. The number of nitrogens with zero attached hydrogens (tertiary/aromatic N) is 6. The van der Waals surface area contributed by atoms with Crippen molar-refractivity contribution >= 4 is 28.0 Å². The highest BCUT2D eigenvalue weighted by Gasteiger charge is 2.31. The van der Waals surface area contributed by atoms with Gasteiger partial charge in [-0.2, -0.15) is 4.31 Å². The Morgan fingerprint density at radius 3 is 2.19 bits per heavy atom. The van der Waals surface area contributed by atoms with Gasteiger partial charge < -0.3 is 0 Å². The molecule has 0 aliphatic carbocycles. The van der Waals surface area contributed by atoms with Gasteiger partial charge in [0.1, 0.15) is 0 Å². The van der Waals surface area contributed by atoms with Gasteiger partial charge in [0.2, 0.25) is 14.8 Å². The topological polar surface area (TPSA) is 75.7 Å². The fourth-order valence-electron chi connectivity index (χ4n) is 4.43. The molecule has 0 bridgehead atoms. The van der Waals surface area contributed by atoms with Crippen molar-refractivity contribution in [2.75, 3.05) is 26.2 Å². The highest BCUT2D eigenvalue weighted by molar-refractivity contribution is 7.89. The fraction of sp³-hybridized carbons (Fsp3) is 0.476. The van der Waals surface area contributed by atoms with Crippen molar-refractivity contribution in [3.63, 3.8) is 0 Å². The summed E-state index contributed by atoms with van der Waals surface area (Å²) in [6, 6.07) is 5.84. The Bertz CT molecular complexity index is 1290. The van der Waals surface area contributed by atoms with Crippen LogP contribution in [0.4, 0.5) is 0 Å². The van der Waals surface area contributed by atoms with Crippen molar-refractivity contribution in [2.24, 2.45) is 0 Å². The number of sulfonamides is 1. The molecular formula is C21H28N6O2S2. The van der Waals surface area contributed by atoms with E-state index in [0.29, 0.717) is 48.3 Å². The lowest BCUT2D eigenvalue weighted by Crippen LogP contribution is -2.49. The number of piperazine rings is 1. The average Bonchev–Trinajstić information content (AvgIpc) is 2.96. The summed E-state index contributed by atoms with van der Waals surface area (Å²) in [5, 5.41) is 4.57. The first-order valence-electron chi connectivity index (χ1n) is 10.3. The number of hydrogen-bond acceptors (Lipinski definition) is 6. The van der Waals surface area contributed by atoms with Crippen molar-refractivity contribution < 1.29 is 8.42 Å². The molecule has 0 saturated carbocycles. The molecule has 0 atom stereocenters. The first kappa shape index (κ1) is 22.1. The van der Waals surface area contributed by atoms with E-state index in [-0.39, 0.29) is 0 Å². The standard InChI is InChI=1S/C21H28N6O2S2/c1-14-10-15(2)19(16(3)11-14)31(28,29)25-8-6-24(7-9-25)13-26-21(30)27-18(5)12-17(4)22-20(27)23-26/h10-12H,6-9,13H2,1-5H3. The summed E-state index contributed by atoms with van der Waals surface area (Å²) >= 11 is 5.60. The van der Waals surface area contributed by atoms with E-state index >= 15 is 0 Å². The Balaban J connectivity index is 1.51. The molecule has 0 amide bonds. The van der Waals surface area contributed by atoms with E-state index in [1.54, 1.807) is 8.99 Å². The summed E-state index contributed by atoms with van der Waals surface area (Å²) in [7, 11) is -3.53. The van der Waals surface area contributed by atoms with Crippen molar-refractivity contribution in [1.29, 1.82) is 0 Å². The number of hydrogen-bond donors (Lipinski definition) is 0. The second-order valence-corrected chi connectivity index (χ2v) is 10.6. The first-order valence-corrected chi connectivity index (χ1v) is 12.2. The third kappa shape index (κ3) is 4.05. The smallest absolute Gasteiger partial charge is 0.254 e. The SMILES string of the molecule is Cc1cc(C)c(S(=O)(=O)N2CCN(Cn3nc4nc(C)cc(C)n4c3=S)CC2)c(C)c1. The van der Waals surface area contributed by atoms with E-state index in [1.807, 2.05) is 57.2 Å². The van der Waals surface area contributed by atoms with Crippen molar-refractivity contribution in [3.05, 3.63) is 51.0 Å². The van der Waals surface area contributed by atoms with Gasteiger partial charge in [0.25, 0.3) is 5.78 Å². The molecule has 1 aromatic carbocycles. The van der Waals surface area contributed by atoms with Crippen LogP contribution in [0.1, 0.15) is 28.1 Å². The fourth-order valence-corrected chi connectivity index (χ4v) is 6.59. The minimum Gasteiger partial charge on any atom is -0.282 e. The third-order valence-electron chi connectivity index (χ3n) is 5.74. The number of benzene rings is 1. The molecule has 0 N–H and O–H groups in total. The molecule has 3 aromatic rings. The Hall–Kier alpha value is -2.14. The van der Waals surface area contributed by atoms with Crippen LogP contribution >= 0.6 is 12.2 Å². The van der Waals surface area contributed by atoms with Gasteiger partial charge in [0.05, 0.1) is 11.6 Å². The molecule has 0 radical (unpaired) electrons. The van der Waals surface area contributed by atoms with Gasteiger partial charge in [0.15, 0.2) is 0 Å². The predicted molar refractivity (Wildman–Crippen MR) is 122 cm³/mol. The molecule has 1 fully saturated rings. The monoisotopic (exact) mass is 460 g/mol. The van der Waals surface area contributed by atoms with Crippen LogP contribution in [0.15, 0.2) is 23.1 Å². The lowest BCUT2D eigenvalue weighted by Gasteiger charge is -2.34. The maximum Gasteiger partial charge on any atom is 0.254 e. The molecule has 0 spiro atoms. The number of aromatic nitrogens is 4. The molecular weight excluding hydrogens is 432 g/mol. The summed E-state index contributed by atoms with van der Waals surface area (Å²) < 4.78 is 32.4. The molecule has 1 aliphatic heterocycles. The van der Waals surface area contributed by atoms with Crippen LogP contribution < -0.4 is 0 Å². The highest BCUT2D eigenvalue weighted by Crippen LogP contribution is 2.26. The summed E-state index contributed by atoms with van der Waals surface area (Å²) in [6.45, 7) is 12.3. The largest absolute Gasteiger partial charge is 0.282 e. The maximum atomic E-state index is 13.3. The van der Waals surface area contributed by atoms with Gasteiger partial charge in [-0.3, -0.25) is 9.30 Å². The lowest BCUT2D eigenvalue weighted by molar-refractivity contribution is 0.145.